The molecule has 0 aromatic heterocycles. The minimum Gasteiger partial charge on any atom is -0.481 e. The maximum absolute atomic E-state index is 12.1. The predicted molar refractivity (Wildman–Crippen MR) is 94.5 cm³/mol. The molecule has 1 N–H and O–H groups in total. The molecular formula is C23H30O2. The number of rotatable bonds is 2. The minimum atomic E-state index is -0.473. The van der Waals surface area contributed by atoms with E-state index in [-0.39, 0.29) is 5.92 Å². The van der Waals surface area contributed by atoms with Crippen LogP contribution in [-0.4, -0.2) is 11.1 Å². The second-order valence-electron chi connectivity index (χ2n) is 11.1. The highest BCUT2D eigenvalue weighted by atomic mass is 16.4. The first-order chi connectivity index (χ1) is 12.2. The van der Waals surface area contributed by atoms with E-state index < -0.39 is 5.97 Å². The molecule has 7 aliphatic rings. The normalized spacial score (nSPS) is 65.0. The van der Waals surface area contributed by atoms with E-state index in [9.17, 15) is 9.90 Å². The van der Waals surface area contributed by atoms with Crippen LogP contribution in [0.25, 0.3) is 0 Å². The van der Waals surface area contributed by atoms with E-state index in [0.29, 0.717) is 11.3 Å². The molecule has 25 heavy (non-hydrogen) atoms. The van der Waals surface area contributed by atoms with Crippen LogP contribution in [0.15, 0.2) is 12.2 Å². The molecule has 0 amide bonds. The van der Waals surface area contributed by atoms with Crippen LogP contribution in [0.3, 0.4) is 0 Å². The van der Waals surface area contributed by atoms with E-state index in [0.717, 1.165) is 59.7 Å². The van der Waals surface area contributed by atoms with Gasteiger partial charge in [-0.2, -0.15) is 0 Å². The molecule has 6 fully saturated rings. The summed E-state index contributed by atoms with van der Waals surface area (Å²) in [6, 6.07) is 0. The van der Waals surface area contributed by atoms with Gasteiger partial charge in [-0.25, -0.2) is 0 Å². The molecule has 0 aromatic carbocycles. The van der Waals surface area contributed by atoms with Gasteiger partial charge in [-0.1, -0.05) is 18.6 Å². The van der Waals surface area contributed by atoms with Gasteiger partial charge in [-0.15, -0.1) is 0 Å². The Morgan fingerprint density at radius 1 is 0.920 bits per heavy atom. The van der Waals surface area contributed by atoms with Crippen molar-refractivity contribution in [2.45, 2.75) is 51.4 Å². The molecule has 2 nitrogen and oxygen atoms in total. The maximum Gasteiger partial charge on any atom is 0.306 e. The summed E-state index contributed by atoms with van der Waals surface area (Å²) >= 11 is 0. The molecule has 0 aromatic rings. The lowest BCUT2D eigenvalue weighted by molar-refractivity contribution is -0.146. The van der Waals surface area contributed by atoms with Crippen molar-refractivity contribution in [3.8, 4) is 0 Å². The number of hydrogen-bond donors (Lipinski definition) is 1. The lowest BCUT2D eigenvalue weighted by atomic mass is 9.54. The van der Waals surface area contributed by atoms with Gasteiger partial charge >= 0.3 is 5.97 Å². The average Bonchev–Trinajstić information content (AvgIpc) is 3.45. The molecular weight excluding hydrogens is 308 g/mol. The zero-order chi connectivity index (χ0) is 16.5. The van der Waals surface area contributed by atoms with Crippen molar-refractivity contribution in [3.05, 3.63) is 12.2 Å². The van der Waals surface area contributed by atoms with Crippen LogP contribution in [-0.2, 0) is 4.79 Å². The third-order valence-electron chi connectivity index (χ3n) is 10.9. The number of fused-ring (bicyclic) bond motifs is 14. The molecule has 2 heteroatoms. The number of carbonyl (C=O) groups is 1. The van der Waals surface area contributed by atoms with Crippen molar-refractivity contribution in [3.63, 3.8) is 0 Å². The van der Waals surface area contributed by atoms with Crippen molar-refractivity contribution in [1.82, 2.24) is 0 Å². The summed E-state index contributed by atoms with van der Waals surface area (Å²) in [7, 11) is 0. The largest absolute Gasteiger partial charge is 0.481 e. The molecule has 6 bridgehead atoms. The summed E-state index contributed by atoms with van der Waals surface area (Å²) < 4.78 is 0. The van der Waals surface area contributed by atoms with E-state index in [1.165, 1.54) is 44.9 Å². The first-order valence-electron chi connectivity index (χ1n) is 11.1. The summed E-state index contributed by atoms with van der Waals surface area (Å²) in [6.07, 6.45) is 16.1. The third-order valence-corrected chi connectivity index (χ3v) is 10.9. The maximum atomic E-state index is 12.1. The van der Waals surface area contributed by atoms with Gasteiger partial charge in [-0.05, 0) is 110 Å². The number of aliphatic carboxylic acids is 1. The number of hydrogen-bond acceptors (Lipinski definition) is 1. The van der Waals surface area contributed by atoms with Crippen LogP contribution in [0.1, 0.15) is 51.4 Å². The van der Waals surface area contributed by atoms with E-state index in [2.05, 4.69) is 12.2 Å². The number of allylic oxidation sites excluding steroid dienone is 2. The standard InChI is InChI=1S/C23H30O2/c24-22(25)18-10-23(9-17(18)20-11-4-5-12(6-11)21(20)23)19-8-13-7-16(19)15-3-1-2-14(13)15/h4-5,11-21H,1-3,6-10H2,(H,24,25). The summed E-state index contributed by atoms with van der Waals surface area (Å²) in [5.74, 6) is 8.04. The molecule has 0 saturated heterocycles. The fourth-order valence-electron chi connectivity index (χ4n) is 10.7. The van der Waals surface area contributed by atoms with Crippen LogP contribution in [0, 0.1) is 70.5 Å². The molecule has 134 valence electrons. The van der Waals surface area contributed by atoms with Crippen LogP contribution in [0.5, 0.6) is 0 Å². The van der Waals surface area contributed by atoms with Gasteiger partial charge in [0.05, 0.1) is 5.92 Å². The van der Waals surface area contributed by atoms with Crippen molar-refractivity contribution in [1.29, 1.82) is 0 Å². The zero-order valence-corrected chi connectivity index (χ0v) is 15.0. The molecule has 7 rings (SSSR count). The fraction of sp³-hybridized carbons (Fsp3) is 0.870. The van der Waals surface area contributed by atoms with Crippen molar-refractivity contribution >= 4 is 5.97 Å². The second-order valence-corrected chi connectivity index (χ2v) is 11.1. The van der Waals surface area contributed by atoms with Gasteiger partial charge in [0.25, 0.3) is 0 Å². The smallest absolute Gasteiger partial charge is 0.306 e. The molecule has 0 aliphatic heterocycles. The van der Waals surface area contributed by atoms with Gasteiger partial charge in [-0.3, -0.25) is 4.79 Å². The molecule has 7 aliphatic carbocycles. The van der Waals surface area contributed by atoms with E-state index in [1.807, 2.05) is 0 Å². The monoisotopic (exact) mass is 338 g/mol. The Kier molecular flexibility index (Phi) is 2.50. The first-order valence-corrected chi connectivity index (χ1v) is 11.1. The molecule has 0 heterocycles. The summed E-state index contributed by atoms with van der Waals surface area (Å²) in [4.78, 5) is 12.1. The highest BCUT2D eigenvalue weighted by Gasteiger charge is 2.73. The Bertz CT molecular complexity index is 682. The Morgan fingerprint density at radius 3 is 2.64 bits per heavy atom. The fourth-order valence-corrected chi connectivity index (χ4v) is 10.7. The minimum absolute atomic E-state index is 0.0208. The average molecular weight is 338 g/mol. The Hall–Kier alpha value is -0.790. The number of carboxylic acid groups (broad SMARTS) is 1. The lowest BCUT2D eigenvalue weighted by Gasteiger charge is -2.50. The Morgan fingerprint density at radius 2 is 1.76 bits per heavy atom. The van der Waals surface area contributed by atoms with Crippen molar-refractivity contribution < 1.29 is 9.90 Å². The molecule has 0 spiro atoms. The SMILES string of the molecule is O=C(O)C1CC2(C3CC4CC3C3CCCC43)CC1C1C3C=CC(C3)C12. The molecule has 12 unspecified atom stereocenters. The summed E-state index contributed by atoms with van der Waals surface area (Å²) in [6.45, 7) is 0. The van der Waals surface area contributed by atoms with Gasteiger partial charge in [0.1, 0.15) is 0 Å². The first kappa shape index (κ1) is 14.3. The highest BCUT2D eigenvalue weighted by Crippen LogP contribution is 2.78. The Labute approximate surface area is 150 Å². The summed E-state index contributed by atoms with van der Waals surface area (Å²) in [5.41, 5.74) is 0.412. The predicted octanol–water partition coefficient (Wildman–Crippen LogP) is 4.61. The van der Waals surface area contributed by atoms with Crippen LogP contribution in [0.2, 0.25) is 0 Å². The topological polar surface area (TPSA) is 37.3 Å². The quantitative estimate of drug-likeness (QED) is 0.590. The van der Waals surface area contributed by atoms with Gasteiger partial charge in [0.2, 0.25) is 0 Å². The van der Waals surface area contributed by atoms with E-state index >= 15 is 0 Å². The van der Waals surface area contributed by atoms with E-state index in [1.54, 1.807) is 0 Å². The van der Waals surface area contributed by atoms with Crippen molar-refractivity contribution in [2.24, 2.45) is 70.5 Å². The third kappa shape index (κ3) is 1.47. The second kappa shape index (κ2) is 4.37. The van der Waals surface area contributed by atoms with Crippen LogP contribution in [0.4, 0.5) is 0 Å². The van der Waals surface area contributed by atoms with Crippen LogP contribution < -0.4 is 0 Å². The van der Waals surface area contributed by atoms with Gasteiger partial charge in [0.15, 0.2) is 0 Å². The number of carboxylic acids is 1. The summed E-state index contributed by atoms with van der Waals surface area (Å²) in [5, 5.41) is 9.95. The van der Waals surface area contributed by atoms with Gasteiger partial charge < -0.3 is 5.11 Å². The van der Waals surface area contributed by atoms with Crippen molar-refractivity contribution in [2.75, 3.05) is 0 Å². The van der Waals surface area contributed by atoms with Crippen LogP contribution >= 0.6 is 0 Å². The molecule has 12 atom stereocenters. The molecule has 0 radical (unpaired) electrons. The lowest BCUT2D eigenvalue weighted by Crippen LogP contribution is -2.46. The highest BCUT2D eigenvalue weighted by molar-refractivity contribution is 5.71. The zero-order valence-electron chi connectivity index (χ0n) is 15.0. The molecule has 6 saturated carbocycles. The van der Waals surface area contributed by atoms with E-state index in [4.69, 9.17) is 0 Å². The Balaban J connectivity index is 1.31. The van der Waals surface area contributed by atoms with Gasteiger partial charge in [0, 0.05) is 0 Å².